The molecule has 2 rings (SSSR count). The monoisotopic (exact) mass is 362 g/mol. The number of rotatable bonds is 5. The van der Waals surface area contributed by atoms with Crippen LogP contribution in [0.3, 0.4) is 0 Å². The summed E-state index contributed by atoms with van der Waals surface area (Å²) in [6, 6.07) is 7.36. The summed E-state index contributed by atoms with van der Waals surface area (Å²) >= 11 is 0. The van der Waals surface area contributed by atoms with E-state index in [4.69, 9.17) is 5.14 Å². The number of hydrogen-bond donors (Lipinski definition) is 2. The maximum absolute atomic E-state index is 11.3. The van der Waals surface area contributed by atoms with E-state index in [9.17, 15) is 18.5 Å². The minimum absolute atomic E-state index is 0.0658. The highest BCUT2D eigenvalue weighted by Gasteiger charge is 2.18. The highest BCUT2D eigenvalue weighted by atomic mass is 32.2. The molecule has 2 aromatic carbocycles. The van der Waals surface area contributed by atoms with E-state index in [1.165, 1.54) is 12.1 Å². The quantitative estimate of drug-likeness (QED) is 0.480. The number of nitrogens with two attached hydrogens (primary N) is 1. The molecule has 0 saturated carbocycles. The zero-order chi connectivity index (χ0) is 18.8. The predicted molar refractivity (Wildman–Crippen MR) is 96.3 cm³/mol. The summed E-state index contributed by atoms with van der Waals surface area (Å²) in [7, 11) is -4.03. The number of aryl methyl sites for hydroxylation is 3. The van der Waals surface area contributed by atoms with Gasteiger partial charge in [-0.2, -0.15) is 5.10 Å². The molecular formula is C16H18N4O4S. The van der Waals surface area contributed by atoms with Crippen molar-refractivity contribution in [3.63, 3.8) is 0 Å². The lowest BCUT2D eigenvalue weighted by molar-refractivity contribution is -0.384. The van der Waals surface area contributed by atoms with Gasteiger partial charge in [0.1, 0.15) is 5.69 Å². The average molecular weight is 362 g/mol. The minimum Gasteiger partial charge on any atom is -0.272 e. The molecule has 0 unspecified atom stereocenters. The topological polar surface area (TPSA) is 128 Å². The molecule has 3 N–H and O–H groups in total. The first-order chi connectivity index (χ1) is 11.6. The van der Waals surface area contributed by atoms with E-state index >= 15 is 0 Å². The number of benzene rings is 2. The summed E-state index contributed by atoms with van der Waals surface area (Å²) in [6.07, 6.45) is 1.57. The van der Waals surface area contributed by atoms with E-state index in [0.29, 0.717) is 0 Å². The van der Waals surface area contributed by atoms with Crippen LogP contribution in [0.1, 0.15) is 22.3 Å². The highest BCUT2D eigenvalue weighted by molar-refractivity contribution is 7.89. The van der Waals surface area contributed by atoms with Crippen molar-refractivity contribution in [2.75, 3.05) is 5.43 Å². The SMILES string of the molecule is Cc1cc(C)c(/C=N\Nc2ccc(S(N)(=O)=O)cc2[N+](=O)[O-])c(C)c1. The molecule has 0 saturated heterocycles. The molecule has 0 fully saturated rings. The molecule has 9 heteroatoms. The summed E-state index contributed by atoms with van der Waals surface area (Å²) in [4.78, 5) is 10.1. The zero-order valence-electron chi connectivity index (χ0n) is 14.0. The Morgan fingerprint density at radius 1 is 1.16 bits per heavy atom. The van der Waals surface area contributed by atoms with Crippen molar-refractivity contribution in [2.45, 2.75) is 25.7 Å². The summed E-state index contributed by atoms with van der Waals surface area (Å²) in [5, 5.41) is 20.2. The fourth-order valence-electron chi connectivity index (χ4n) is 2.50. The number of nitro groups is 1. The van der Waals surface area contributed by atoms with E-state index in [-0.39, 0.29) is 10.6 Å². The van der Waals surface area contributed by atoms with Crippen molar-refractivity contribution in [1.82, 2.24) is 0 Å². The van der Waals surface area contributed by atoms with Crippen molar-refractivity contribution in [3.8, 4) is 0 Å². The summed E-state index contributed by atoms with van der Waals surface area (Å²) < 4.78 is 22.7. The first-order valence-electron chi connectivity index (χ1n) is 7.28. The van der Waals surface area contributed by atoms with Gasteiger partial charge in [-0.15, -0.1) is 0 Å². The van der Waals surface area contributed by atoms with Crippen molar-refractivity contribution >= 4 is 27.6 Å². The highest BCUT2D eigenvalue weighted by Crippen LogP contribution is 2.27. The Balaban J connectivity index is 2.34. The van der Waals surface area contributed by atoms with Gasteiger partial charge in [0, 0.05) is 11.6 Å². The molecule has 0 bridgehead atoms. The van der Waals surface area contributed by atoms with Crippen LogP contribution in [0, 0.1) is 30.9 Å². The van der Waals surface area contributed by atoms with E-state index in [2.05, 4.69) is 10.5 Å². The molecular weight excluding hydrogens is 344 g/mol. The number of nitrogens with zero attached hydrogens (tertiary/aromatic N) is 2. The van der Waals surface area contributed by atoms with Crippen molar-refractivity contribution in [3.05, 3.63) is 62.7 Å². The third-order valence-electron chi connectivity index (χ3n) is 3.61. The number of hydrazone groups is 1. The molecule has 0 atom stereocenters. The predicted octanol–water partition coefficient (Wildman–Crippen LogP) is 2.61. The lowest BCUT2D eigenvalue weighted by atomic mass is 10.0. The van der Waals surface area contributed by atoms with Gasteiger partial charge < -0.3 is 0 Å². The molecule has 8 nitrogen and oxygen atoms in total. The summed E-state index contributed by atoms with van der Waals surface area (Å²) in [6.45, 7) is 5.89. The number of hydrogen-bond acceptors (Lipinski definition) is 6. The molecule has 0 spiro atoms. The van der Waals surface area contributed by atoms with Crippen LogP contribution in [-0.2, 0) is 10.0 Å². The van der Waals surface area contributed by atoms with Gasteiger partial charge in [0.05, 0.1) is 16.0 Å². The standard InChI is InChI=1S/C16H18N4O4S/c1-10-6-11(2)14(12(3)7-10)9-18-19-15-5-4-13(25(17,23)24)8-16(15)20(21)22/h4-9,19H,1-3H3,(H2,17,23,24)/b18-9-. The number of primary sulfonamides is 1. The molecule has 0 aliphatic heterocycles. The van der Waals surface area contributed by atoms with E-state index in [0.717, 1.165) is 28.3 Å². The van der Waals surface area contributed by atoms with Gasteiger partial charge >= 0.3 is 0 Å². The van der Waals surface area contributed by atoms with Crippen LogP contribution in [0.25, 0.3) is 0 Å². The molecule has 0 aliphatic rings. The Hall–Kier alpha value is -2.78. The van der Waals surface area contributed by atoms with Crippen LogP contribution >= 0.6 is 0 Å². The zero-order valence-corrected chi connectivity index (χ0v) is 14.8. The number of nitro benzene ring substituents is 1. The van der Waals surface area contributed by atoms with Gasteiger partial charge in [-0.3, -0.25) is 15.5 Å². The second-order valence-corrected chi connectivity index (χ2v) is 7.22. The molecule has 0 amide bonds. The molecule has 0 aromatic heterocycles. The van der Waals surface area contributed by atoms with Crippen molar-refractivity contribution in [1.29, 1.82) is 0 Å². The van der Waals surface area contributed by atoms with E-state index < -0.39 is 20.6 Å². The first-order valence-corrected chi connectivity index (χ1v) is 8.82. The third kappa shape index (κ3) is 4.40. The maximum Gasteiger partial charge on any atom is 0.295 e. The van der Waals surface area contributed by atoms with Crippen LogP contribution in [0.15, 0.2) is 40.3 Å². The Kier molecular flexibility index (Phi) is 5.19. The second kappa shape index (κ2) is 6.99. The van der Waals surface area contributed by atoms with Crippen LogP contribution in [0.4, 0.5) is 11.4 Å². The largest absolute Gasteiger partial charge is 0.295 e. The normalized spacial score (nSPS) is 11.7. The molecule has 2 aromatic rings. The molecule has 0 aliphatic carbocycles. The minimum atomic E-state index is -4.03. The first kappa shape index (κ1) is 18.6. The van der Waals surface area contributed by atoms with Gasteiger partial charge in [-0.05, 0) is 44.0 Å². The lowest BCUT2D eigenvalue weighted by Gasteiger charge is -2.07. The molecule has 0 radical (unpaired) electrons. The fourth-order valence-corrected chi connectivity index (χ4v) is 3.03. The van der Waals surface area contributed by atoms with Crippen LogP contribution in [0.5, 0.6) is 0 Å². The number of sulfonamides is 1. The van der Waals surface area contributed by atoms with Gasteiger partial charge in [0.25, 0.3) is 5.69 Å². The second-order valence-electron chi connectivity index (χ2n) is 5.66. The summed E-state index contributed by atoms with van der Waals surface area (Å²) in [5.74, 6) is 0. The summed E-state index contributed by atoms with van der Waals surface area (Å²) in [5.41, 5.74) is 6.32. The Bertz CT molecular complexity index is 945. The smallest absolute Gasteiger partial charge is 0.272 e. The Morgan fingerprint density at radius 2 is 1.76 bits per heavy atom. The fraction of sp³-hybridized carbons (Fsp3) is 0.188. The molecule has 132 valence electrons. The van der Waals surface area contributed by atoms with Gasteiger partial charge in [0.2, 0.25) is 10.0 Å². The van der Waals surface area contributed by atoms with Gasteiger partial charge in [-0.1, -0.05) is 17.7 Å². The Labute approximate surface area is 145 Å². The van der Waals surface area contributed by atoms with Crippen molar-refractivity contribution in [2.24, 2.45) is 10.2 Å². The molecule has 25 heavy (non-hydrogen) atoms. The van der Waals surface area contributed by atoms with Crippen molar-refractivity contribution < 1.29 is 13.3 Å². The Morgan fingerprint density at radius 3 is 2.28 bits per heavy atom. The maximum atomic E-state index is 11.3. The van der Waals surface area contributed by atoms with E-state index in [1.54, 1.807) is 6.21 Å². The van der Waals surface area contributed by atoms with Crippen LogP contribution < -0.4 is 10.6 Å². The van der Waals surface area contributed by atoms with Gasteiger partial charge in [0.15, 0.2) is 0 Å². The van der Waals surface area contributed by atoms with E-state index in [1.807, 2.05) is 32.9 Å². The number of anilines is 1. The van der Waals surface area contributed by atoms with Gasteiger partial charge in [-0.25, -0.2) is 13.6 Å². The van der Waals surface area contributed by atoms with Crippen LogP contribution in [-0.4, -0.2) is 19.6 Å². The molecule has 0 heterocycles. The van der Waals surface area contributed by atoms with Crippen LogP contribution in [0.2, 0.25) is 0 Å². The average Bonchev–Trinajstić information content (AvgIpc) is 2.48. The third-order valence-corrected chi connectivity index (χ3v) is 4.52. The number of nitrogens with one attached hydrogen (secondary N) is 1. The lowest BCUT2D eigenvalue weighted by Crippen LogP contribution is -2.12.